The van der Waals surface area contributed by atoms with Crippen molar-refractivity contribution in [1.82, 2.24) is 4.98 Å². The first-order valence-corrected chi connectivity index (χ1v) is 10.3. The molecular weight excluding hydrogens is 360 g/mol. The van der Waals surface area contributed by atoms with E-state index in [1.54, 1.807) is 0 Å². The van der Waals surface area contributed by atoms with Gasteiger partial charge in [0.15, 0.2) is 0 Å². The number of pyridine rings is 1. The Kier molecular flexibility index (Phi) is 3.35. The number of thiophene rings is 1. The fourth-order valence-corrected chi connectivity index (χ4v) is 5.50. The molecule has 3 heterocycles. The summed E-state index contributed by atoms with van der Waals surface area (Å²) in [6.45, 7) is 2.22. The van der Waals surface area contributed by atoms with Crippen LogP contribution in [-0.4, -0.2) is 4.98 Å². The molecule has 0 saturated heterocycles. The minimum Gasteiger partial charge on any atom is -0.310 e. The van der Waals surface area contributed by atoms with E-state index in [9.17, 15) is 0 Å². The lowest BCUT2D eigenvalue weighted by molar-refractivity contribution is 1.09. The summed E-state index contributed by atoms with van der Waals surface area (Å²) in [5, 5.41) is 2.61. The van der Waals surface area contributed by atoms with E-state index in [4.69, 9.17) is 0 Å². The van der Waals surface area contributed by atoms with Crippen LogP contribution in [0, 0.1) is 6.92 Å². The molecule has 3 heteroatoms. The summed E-state index contributed by atoms with van der Waals surface area (Å²) in [6, 6.07) is 24.3. The first-order valence-electron chi connectivity index (χ1n) is 9.52. The van der Waals surface area contributed by atoms with Gasteiger partial charge in [-0.25, -0.2) is 0 Å². The Hall–Kier alpha value is -3.17. The lowest BCUT2D eigenvalue weighted by Gasteiger charge is -2.33. The van der Waals surface area contributed by atoms with Crippen LogP contribution in [0.3, 0.4) is 0 Å². The average Bonchev–Trinajstić information content (AvgIpc) is 3.11. The van der Waals surface area contributed by atoms with E-state index in [2.05, 4.69) is 83.5 Å². The lowest BCUT2D eigenvalue weighted by atomic mass is 9.94. The first kappa shape index (κ1) is 15.8. The first-order chi connectivity index (χ1) is 13.8. The highest BCUT2D eigenvalue weighted by atomic mass is 32.1. The minimum absolute atomic E-state index is 0.983. The standard InChI is InChI=1S/C25H18N2S/c1-16-12-19(14-21-20-10-11-26-15-24(20)28-25(16)21)27-22-8-4-2-6-17(22)13-18-7-3-5-9-23(18)27/h2-12,14-15H,13H2,1H3. The van der Waals surface area contributed by atoms with Gasteiger partial charge in [-0.1, -0.05) is 36.4 Å². The van der Waals surface area contributed by atoms with Gasteiger partial charge in [0.25, 0.3) is 0 Å². The summed E-state index contributed by atoms with van der Waals surface area (Å²) < 4.78 is 2.60. The normalized spacial score (nSPS) is 13.0. The summed E-state index contributed by atoms with van der Waals surface area (Å²) in [5.74, 6) is 0. The van der Waals surface area contributed by atoms with Gasteiger partial charge < -0.3 is 4.90 Å². The van der Waals surface area contributed by atoms with Crippen LogP contribution in [0.5, 0.6) is 0 Å². The topological polar surface area (TPSA) is 16.1 Å². The smallest absolute Gasteiger partial charge is 0.0538 e. The Labute approximate surface area is 167 Å². The Balaban J connectivity index is 1.67. The van der Waals surface area contributed by atoms with Crippen LogP contribution in [0.25, 0.3) is 20.2 Å². The second kappa shape index (κ2) is 5.91. The van der Waals surface area contributed by atoms with Gasteiger partial charge in [0.2, 0.25) is 0 Å². The molecule has 0 unspecified atom stereocenters. The SMILES string of the molecule is Cc1cc(N2c3ccccc3Cc3ccccc32)cc2c1sc1cnccc12. The number of nitrogens with zero attached hydrogens (tertiary/aromatic N) is 2. The molecule has 0 atom stereocenters. The van der Waals surface area contributed by atoms with Crippen molar-refractivity contribution in [3.63, 3.8) is 0 Å². The van der Waals surface area contributed by atoms with Crippen LogP contribution < -0.4 is 4.90 Å². The second-order valence-electron chi connectivity index (χ2n) is 7.38. The highest BCUT2D eigenvalue weighted by Crippen LogP contribution is 2.46. The van der Waals surface area contributed by atoms with Gasteiger partial charge in [-0.05, 0) is 53.9 Å². The third-order valence-electron chi connectivity index (χ3n) is 5.65. The average molecular weight is 379 g/mol. The molecule has 134 valence electrons. The maximum atomic E-state index is 4.31. The molecule has 28 heavy (non-hydrogen) atoms. The summed E-state index contributed by atoms with van der Waals surface area (Å²) in [6.07, 6.45) is 4.85. The molecule has 1 aliphatic rings. The number of para-hydroxylation sites is 2. The van der Waals surface area contributed by atoms with Crippen molar-refractivity contribution in [2.45, 2.75) is 13.3 Å². The number of aromatic nitrogens is 1. The molecule has 0 aliphatic carbocycles. The molecule has 1 aliphatic heterocycles. The monoisotopic (exact) mass is 378 g/mol. The van der Waals surface area contributed by atoms with Gasteiger partial charge >= 0.3 is 0 Å². The quantitative estimate of drug-likeness (QED) is 0.302. The predicted octanol–water partition coefficient (Wildman–Crippen LogP) is 7.13. The number of aryl methyl sites for hydroxylation is 1. The van der Waals surface area contributed by atoms with E-state index in [0.717, 1.165) is 6.42 Å². The maximum Gasteiger partial charge on any atom is 0.0538 e. The van der Waals surface area contributed by atoms with Crippen molar-refractivity contribution in [2.24, 2.45) is 0 Å². The molecule has 0 radical (unpaired) electrons. The number of rotatable bonds is 1. The third kappa shape index (κ3) is 2.23. The Morgan fingerprint density at radius 1 is 0.857 bits per heavy atom. The van der Waals surface area contributed by atoms with E-state index in [1.807, 2.05) is 23.7 Å². The molecule has 0 bridgehead atoms. The van der Waals surface area contributed by atoms with Gasteiger partial charge in [0.05, 0.1) is 4.70 Å². The van der Waals surface area contributed by atoms with E-state index >= 15 is 0 Å². The molecule has 0 amide bonds. The van der Waals surface area contributed by atoms with Gasteiger partial charge in [-0.15, -0.1) is 11.3 Å². The van der Waals surface area contributed by atoms with Crippen LogP contribution >= 0.6 is 11.3 Å². The summed E-state index contributed by atoms with van der Waals surface area (Å²) in [7, 11) is 0. The third-order valence-corrected chi connectivity index (χ3v) is 6.94. The van der Waals surface area contributed by atoms with Gasteiger partial charge in [0.1, 0.15) is 0 Å². The minimum atomic E-state index is 0.983. The zero-order valence-electron chi connectivity index (χ0n) is 15.5. The summed E-state index contributed by atoms with van der Waals surface area (Å²) in [4.78, 5) is 6.73. The molecule has 2 nitrogen and oxygen atoms in total. The predicted molar refractivity (Wildman–Crippen MR) is 119 cm³/mol. The van der Waals surface area contributed by atoms with Crippen LogP contribution in [0.15, 0.2) is 79.1 Å². The number of fused-ring (bicyclic) bond motifs is 5. The van der Waals surface area contributed by atoms with E-state index in [0.29, 0.717) is 0 Å². The number of anilines is 3. The summed E-state index contributed by atoms with van der Waals surface area (Å²) >= 11 is 1.83. The fourth-order valence-electron chi connectivity index (χ4n) is 4.38. The largest absolute Gasteiger partial charge is 0.310 e. The lowest BCUT2D eigenvalue weighted by Crippen LogP contribution is -2.18. The van der Waals surface area contributed by atoms with Gasteiger partial charge in [-0.2, -0.15) is 0 Å². The van der Waals surface area contributed by atoms with E-state index in [1.165, 1.54) is 53.9 Å². The molecule has 0 N–H and O–H groups in total. The molecule has 6 rings (SSSR count). The Bertz CT molecular complexity index is 1320. The number of hydrogen-bond acceptors (Lipinski definition) is 3. The fraction of sp³-hybridized carbons (Fsp3) is 0.0800. The molecule has 3 aromatic carbocycles. The van der Waals surface area contributed by atoms with Crippen LogP contribution in [-0.2, 0) is 6.42 Å². The van der Waals surface area contributed by atoms with Crippen LogP contribution in [0.4, 0.5) is 17.1 Å². The Morgan fingerprint density at radius 3 is 2.32 bits per heavy atom. The molecule has 0 spiro atoms. The van der Waals surface area contributed by atoms with Crippen molar-refractivity contribution in [3.05, 3.63) is 95.8 Å². The highest BCUT2D eigenvalue weighted by molar-refractivity contribution is 7.26. The highest BCUT2D eigenvalue weighted by Gasteiger charge is 2.24. The molecular formula is C25H18N2S. The zero-order valence-corrected chi connectivity index (χ0v) is 16.3. The van der Waals surface area contributed by atoms with E-state index < -0.39 is 0 Å². The van der Waals surface area contributed by atoms with Gasteiger partial charge in [-0.3, -0.25) is 4.98 Å². The molecule has 0 saturated carbocycles. The van der Waals surface area contributed by atoms with Crippen molar-refractivity contribution in [2.75, 3.05) is 4.90 Å². The van der Waals surface area contributed by atoms with Crippen LogP contribution in [0.2, 0.25) is 0 Å². The molecule has 0 fully saturated rings. The van der Waals surface area contributed by atoms with E-state index in [-0.39, 0.29) is 0 Å². The maximum absolute atomic E-state index is 4.31. The van der Waals surface area contributed by atoms with Crippen molar-refractivity contribution >= 4 is 48.6 Å². The zero-order chi connectivity index (χ0) is 18.7. The van der Waals surface area contributed by atoms with Gasteiger partial charge in [0, 0.05) is 51.3 Å². The van der Waals surface area contributed by atoms with Crippen molar-refractivity contribution in [1.29, 1.82) is 0 Å². The van der Waals surface area contributed by atoms with Crippen LogP contribution in [0.1, 0.15) is 16.7 Å². The number of hydrogen-bond donors (Lipinski definition) is 0. The van der Waals surface area contributed by atoms with Crippen molar-refractivity contribution < 1.29 is 0 Å². The summed E-state index contributed by atoms with van der Waals surface area (Å²) in [5.41, 5.74) is 7.84. The van der Waals surface area contributed by atoms with Crippen molar-refractivity contribution in [3.8, 4) is 0 Å². The molecule has 5 aromatic rings. The second-order valence-corrected chi connectivity index (χ2v) is 8.44. The number of benzene rings is 3. The molecule has 2 aromatic heterocycles. The Morgan fingerprint density at radius 2 is 1.57 bits per heavy atom.